The van der Waals surface area contributed by atoms with Gasteiger partial charge in [-0.1, -0.05) is 30.8 Å². The van der Waals surface area contributed by atoms with Gasteiger partial charge in [-0.2, -0.15) is 50.0 Å². The molecule has 210 valence electrons. The summed E-state index contributed by atoms with van der Waals surface area (Å²) in [7, 11) is 0. The number of hydrogen-bond acceptors (Lipinski definition) is 7. The first-order valence-corrected chi connectivity index (χ1v) is 12.7. The quantitative estimate of drug-likeness (QED) is 0.337. The van der Waals surface area contributed by atoms with Gasteiger partial charge in [0, 0.05) is 22.3 Å². The zero-order valence-electron chi connectivity index (χ0n) is 23.2. The normalized spacial score (nSPS) is 15.1. The van der Waals surface area contributed by atoms with Gasteiger partial charge in [-0.15, -0.1) is 0 Å². The van der Waals surface area contributed by atoms with Crippen LogP contribution in [0.5, 0.6) is 0 Å². The fraction of sp³-hybridized carbons (Fsp3) is 0.0571. The van der Waals surface area contributed by atoms with Gasteiger partial charge in [0.05, 0.1) is 28.3 Å². The molecular weight excluding hydrogens is 575 g/mol. The number of rotatable bonds is 3. The first-order chi connectivity index (χ1) is 21.5. The van der Waals surface area contributed by atoms with Crippen molar-refractivity contribution in [3.63, 3.8) is 0 Å². The van der Waals surface area contributed by atoms with Gasteiger partial charge in [-0.3, -0.25) is 0 Å². The molecule has 7 nitrogen and oxygen atoms in total. The third kappa shape index (κ3) is 5.19. The summed E-state index contributed by atoms with van der Waals surface area (Å²) in [5.74, 6) is 0. The van der Waals surface area contributed by atoms with Crippen LogP contribution in [-0.2, 0) is 6.18 Å². The van der Waals surface area contributed by atoms with E-state index in [1.165, 1.54) is 18.2 Å². The van der Waals surface area contributed by atoms with E-state index in [1.807, 2.05) is 24.3 Å². The Balaban J connectivity index is 2.08. The highest BCUT2D eigenvalue weighted by molar-refractivity contribution is 6.02. The highest BCUT2D eigenvalue weighted by atomic mass is 19.4. The molecule has 0 bridgehead atoms. The Morgan fingerprint density at radius 1 is 0.667 bits per heavy atom. The van der Waals surface area contributed by atoms with Crippen molar-refractivity contribution in [2.75, 3.05) is 0 Å². The summed E-state index contributed by atoms with van der Waals surface area (Å²) in [5.41, 5.74) is 0.0524. The Hall–Kier alpha value is -7.16. The summed E-state index contributed by atoms with van der Waals surface area (Å²) in [6.45, 7) is 5.54. The first kappa shape index (κ1) is 30.8. The molecule has 0 fully saturated rings. The molecule has 0 radical (unpaired) electrons. The van der Waals surface area contributed by atoms with E-state index in [0.29, 0.717) is 16.7 Å². The molecule has 45 heavy (non-hydrogen) atoms. The minimum atomic E-state index is -4.63. The van der Waals surface area contributed by atoms with Gasteiger partial charge in [0.15, 0.2) is 0 Å². The number of hydrogen-bond donors (Lipinski definition) is 0. The van der Waals surface area contributed by atoms with Gasteiger partial charge in [-0.05, 0) is 70.7 Å². The van der Waals surface area contributed by atoms with E-state index in [-0.39, 0.29) is 61.3 Å². The standard InChI is InChI=1S/C35H14F3N7/c1-19-28(34(25(15-42)16-43)32(29(19)17-44)23-7-9-26(10-8-23)35(36,37)38)11-27-20(2)31(24(13-40)14-41)33(30(27)18-45)22-5-3-21(12-39)4-6-22/h3-11H,1H2,2H3/b28-11+. The second-order valence-corrected chi connectivity index (χ2v) is 9.51. The fourth-order valence-electron chi connectivity index (χ4n) is 5.15. The summed E-state index contributed by atoms with van der Waals surface area (Å²) in [4.78, 5) is 0. The van der Waals surface area contributed by atoms with E-state index in [9.17, 15) is 50.0 Å². The fourth-order valence-corrected chi connectivity index (χ4v) is 5.15. The van der Waals surface area contributed by atoms with Crippen LogP contribution >= 0.6 is 0 Å². The number of nitriles is 7. The van der Waals surface area contributed by atoms with Gasteiger partial charge in [0.25, 0.3) is 0 Å². The molecule has 0 spiro atoms. The Kier molecular flexibility index (Phi) is 8.20. The molecular formula is C35H14F3N7. The molecule has 0 N–H and O–H groups in total. The van der Waals surface area contributed by atoms with E-state index in [2.05, 4.69) is 12.6 Å². The average Bonchev–Trinajstić information content (AvgIpc) is 3.48. The predicted molar refractivity (Wildman–Crippen MR) is 154 cm³/mol. The molecule has 2 aliphatic carbocycles. The van der Waals surface area contributed by atoms with Crippen molar-refractivity contribution in [2.24, 2.45) is 0 Å². The molecule has 2 aromatic carbocycles. The van der Waals surface area contributed by atoms with Crippen LogP contribution in [0, 0.1) is 79.3 Å². The van der Waals surface area contributed by atoms with Crippen LogP contribution in [-0.4, -0.2) is 0 Å². The van der Waals surface area contributed by atoms with Crippen molar-refractivity contribution in [1.82, 2.24) is 0 Å². The Labute approximate surface area is 255 Å². The monoisotopic (exact) mass is 589 g/mol. The van der Waals surface area contributed by atoms with Crippen molar-refractivity contribution in [3.05, 3.63) is 139 Å². The lowest BCUT2D eigenvalue weighted by Crippen LogP contribution is -2.04. The lowest BCUT2D eigenvalue weighted by Gasteiger charge is -2.11. The lowest BCUT2D eigenvalue weighted by molar-refractivity contribution is -0.137. The van der Waals surface area contributed by atoms with Gasteiger partial charge < -0.3 is 0 Å². The van der Waals surface area contributed by atoms with Crippen LogP contribution in [0.1, 0.15) is 29.2 Å². The lowest BCUT2D eigenvalue weighted by atomic mass is 9.90. The summed E-state index contributed by atoms with van der Waals surface area (Å²) in [6.07, 6.45) is -3.22. The molecule has 2 aliphatic rings. The van der Waals surface area contributed by atoms with Crippen LogP contribution in [0.4, 0.5) is 13.2 Å². The third-order valence-electron chi connectivity index (χ3n) is 7.21. The van der Waals surface area contributed by atoms with E-state index in [1.54, 1.807) is 31.2 Å². The topological polar surface area (TPSA) is 167 Å². The maximum atomic E-state index is 13.3. The second-order valence-electron chi connectivity index (χ2n) is 9.51. The van der Waals surface area contributed by atoms with Crippen molar-refractivity contribution < 1.29 is 13.2 Å². The highest BCUT2D eigenvalue weighted by Crippen LogP contribution is 2.50. The number of halogens is 3. The molecule has 0 saturated heterocycles. The molecule has 0 unspecified atom stereocenters. The second kappa shape index (κ2) is 12.0. The summed E-state index contributed by atoms with van der Waals surface area (Å²) >= 11 is 0. The number of nitrogens with zero attached hydrogens (tertiary/aromatic N) is 7. The van der Waals surface area contributed by atoms with Crippen molar-refractivity contribution in [3.8, 4) is 42.5 Å². The van der Waals surface area contributed by atoms with Gasteiger partial charge >= 0.3 is 6.18 Å². The third-order valence-corrected chi connectivity index (χ3v) is 7.21. The molecule has 0 aliphatic heterocycles. The molecule has 0 amide bonds. The maximum absolute atomic E-state index is 13.3. The molecule has 4 rings (SSSR count). The summed E-state index contributed by atoms with van der Waals surface area (Å²) < 4.78 is 39.8. The van der Waals surface area contributed by atoms with E-state index >= 15 is 0 Å². The largest absolute Gasteiger partial charge is 0.416 e. The predicted octanol–water partition coefficient (Wildman–Crippen LogP) is 7.35. The number of allylic oxidation sites excluding steroid dienone is 13. The van der Waals surface area contributed by atoms with E-state index < -0.39 is 17.3 Å². The van der Waals surface area contributed by atoms with Crippen LogP contribution in [0.2, 0.25) is 0 Å². The maximum Gasteiger partial charge on any atom is 0.416 e. The minimum Gasteiger partial charge on any atom is -0.192 e. The van der Waals surface area contributed by atoms with Gasteiger partial charge in [0.2, 0.25) is 0 Å². The van der Waals surface area contributed by atoms with Crippen molar-refractivity contribution in [2.45, 2.75) is 13.1 Å². The molecule has 2 aromatic rings. The SMILES string of the molecule is C=C1C(C#N)=C(c2ccc(C(F)(F)F)cc2)C(=C(C#N)C#N)/C1=C/C1=C(C)C(=C(C#N)C#N)C(c2ccc(C#N)cc2)=C1C#N. The molecule has 10 heteroatoms. The van der Waals surface area contributed by atoms with Gasteiger partial charge in [0.1, 0.15) is 47.6 Å². The molecule has 0 saturated carbocycles. The highest BCUT2D eigenvalue weighted by Gasteiger charge is 2.36. The molecule has 0 aromatic heterocycles. The smallest absolute Gasteiger partial charge is 0.192 e. The van der Waals surface area contributed by atoms with Crippen molar-refractivity contribution in [1.29, 1.82) is 36.8 Å². The van der Waals surface area contributed by atoms with Crippen LogP contribution in [0.15, 0.2) is 117 Å². The summed E-state index contributed by atoms with van der Waals surface area (Å²) in [5, 5.41) is 69.0. The van der Waals surface area contributed by atoms with Crippen LogP contribution in [0.3, 0.4) is 0 Å². The Bertz CT molecular complexity index is 2170. The van der Waals surface area contributed by atoms with Crippen molar-refractivity contribution >= 4 is 11.1 Å². The minimum absolute atomic E-state index is 0.0112. The molecule has 0 atom stereocenters. The van der Waals surface area contributed by atoms with Crippen LogP contribution in [0.25, 0.3) is 11.1 Å². The van der Waals surface area contributed by atoms with Crippen LogP contribution < -0.4 is 0 Å². The summed E-state index contributed by atoms with van der Waals surface area (Å²) in [6, 6.07) is 23.3. The average molecular weight is 590 g/mol. The van der Waals surface area contributed by atoms with E-state index in [0.717, 1.165) is 24.3 Å². The first-order valence-electron chi connectivity index (χ1n) is 12.7. The zero-order chi connectivity index (χ0) is 33.1. The number of benzene rings is 2. The van der Waals surface area contributed by atoms with E-state index in [4.69, 9.17) is 0 Å². The Morgan fingerprint density at radius 2 is 1.13 bits per heavy atom. The Morgan fingerprint density at radius 3 is 1.58 bits per heavy atom. The zero-order valence-corrected chi connectivity index (χ0v) is 23.2. The molecule has 0 heterocycles. The number of alkyl halides is 3. The van der Waals surface area contributed by atoms with Gasteiger partial charge in [-0.25, -0.2) is 0 Å².